The fourth-order valence-electron chi connectivity index (χ4n) is 4.64. The number of hydrogen-bond donors (Lipinski definition) is 2. The Kier molecular flexibility index (Phi) is 7.06. The lowest BCUT2D eigenvalue weighted by atomic mass is 9.90. The van der Waals surface area contributed by atoms with Crippen LogP contribution in [0.25, 0.3) is 0 Å². The summed E-state index contributed by atoms with van der Waals surface area (Å²) in [5.41, 5.74) is 8.50. The van der Waals surface area contributed by atoms with Gasteiger partial charge in [0.05, 0.1) is 0 Å². The van der Waals surface area contributed by atoms with Crippen LogP contribution in [0.2, 0.25) is 5.02 Å². The molecular weight excluding hydrogens is 480 g/mol. The van der Waals surface area contributed by atoms with Gasteiger partial charge < -0.3 is 25.4 Å². The van der Waals surface area contributed by atoms with E-state index in [9.17, 15) is 9.59 Å². The number of hydrogen-bond acceptors (Lipinski definition) is 6. The molecule has 186 valence electrons. The van der Waals surface area contributed by atoms with E-state index in [-0.39, 0.29) is 30.7 Å². The smallest absolute Gasteiger partial charge is 0.255 e. The van der Waals surface area contributed by atoms with Crippen LogP contribution in [0.5, 0.6) is 11.5 Å². The Balaban J connectivity index is 1.40. The second kappa shape index (κ2) is 10.6. The second-order valence-corrected chi connectivity index (χ2v) is 9.47. The molecule has 3 aromatic rings. The number of nitrogens with zero attached hydrogens (tertiary/aromatic N) is 2. The third-order valence-corrected chi connectivity index (χ3v) is 7.02. The largest absolute Gasteiger partial charge is 0.454 e. The lowest BCUT2D eigenvalue weighted by Gasteiger charge is -2.36. The van der Waals surface area contributed by atoms with E-state index in [4.69, 9.17) is 26.8 Å². The summed E-state index contributed by atoms with van der Waals surface area (Å²) in [6.45, 7) is 0.440. The molecule has 0 unspecified atom stereocenters. The molecule has 8 nitrogen and oxygen atoms in total. The molecule has 2 amide bonds. The number of carbonyl (C=O) groups excluding carboxylic acids is 2. The van der Waals surface area contributed by atoms with Gasteiger partial charge in [-0.15, -0.1) is 0 Å². The van der Waals surface area contributed by atoms with Crippen molar-refractivity contribution >= 4 is 29.1 Å². The third-order valence-electron chi connectivity index (χ3n) is 6.65. The predicted molar refractivity (Wildman–Crippen MR) is 136 cm³/mol. The van der Waals surface area contributed by atoms with Crippen molar-refractivity contribution in [3.8, 4) is 11.5 Å². The lowest BCUT2D eigenvalue weighted by Crippen LogP contribution is -2.43. The SMILES string of the molecule is NC1CCC(N(Cc2cc(NC(=O)c3ccncc3)ccc2Cl)C(=O)c2ccc3c(c2)OCO3)CC1. The van der Waals surface area contributed by atoms with Crippen LogP contribution in [0, 0.1) is 0 Å². The summed E-state index contributed by atoms with van der Waals surface area (Å²) in [6, 6.07) is 14.0. The van der Waals surface area contributed by atoms with Crippen molar-refractivity contribution in [3.63, 3.8) is 0 Å². The fraction of sp³-hybridized carbons (Fsp3) is 0.296. The molecular formula is C27H27ClN4O4. The average Bonchev–Trinajstić information content (AvgIpc) is 3.38. The van der Waals surface area contributed by atoms with Crippen molar-refractivity contribution in [3.05, 3.63) is 82.6 Å². The Labute approximate surface area is 214 Å². The quantitative estimate of drug-likeness (QED) is 0.505. The third kappa shape index (κ3) is 5.29. The molecule has 1 aromatic heterocycles. The van der Waals surface area contributed by atoms with Crippen LogP contribution in [0.4, 0.5) is 5.69 Å². The van der Waals surface area contributed by atoms with Gasteiger partial charge >= 0.3 is 0 Å². The van der Waals surface area contributed by atoms with Crippen molar-refractivity contribution in [2.75, 3.05) is 12.1 Å². The van der Waals surface area contributed by atoms with Crippen LogP contribution in [0.15, 0.2) is 60.9 Å². The molecule has 1 fully saturated rings. The highest BCUT2D eigenvalue weighted by atomic mass is 35.5. The summed E-state index contributed by atoms with van der Waals surface area (Å²) in [7, 11) is 0. The first-order chi connectivity index (χ1) is 17.5. The maximum Gasteiger partial charge on any atom is 0.255 e. The summed E-state index contributed by atoms with van der Waals surface area (Å²) in [4.78, 5) is 32.2. The van der Waals surface area contributed by atoms with Gasteiger partial charge in [0.2, 0.25) is 6.79 Å². The lowest BCUT2D eigenvalue weighted by molar-refractivity contribution is 0.0606. The van der Waals surface area contributed by atoms with Crippen LogP contribution in [-0.2, 0) is 6.54 Å². The minimum atomic E-state index is -0.250. The van der Waals surface area contributed by atoms with Gasteiger partial charge in [0.25, 0.3) is 11.8 Å². The number of amides is 2. The molecule has 0 atom stereocenters. The zero-order valence-electron chi connectivity index (χ0n) is 19.7. The van der Waals surface area contributed by atoms with Crippen LogP contribution < -0.4 is 20.5 Å². The standard InChI is InChI=1S/C27H27ClN4O4/c28-23-7-4-21(31-26(33)17-9-11-30-12-10-17)13-19(23)15-32(22-5-2-20(29)3-6-22)27(34)18-1-8-24-25(14-18)36-16-35-24/h1,4,7-14,20,22H,2-3,5-6,15-16,29H2,(H,31,33). The highest BCUT2D eigenvalue weighted by molar-refractivity contribution is 6.31. The van der Waals surface area contributed by atoms with Crippen molar-refractivity contribution in [1.29, 1.82) is 0 Å². The summed E-state index contributed by atoms with van der Waals surface area (Å²) in [5.74, 6) is 0.823. The minimum absolute atomic E-state index is 0.0221. The zero-order chi connectivity index (χ0) is 25.1. The number of pyridine rings is 1. The van der Waals surface area contributed by atoms with Gasteiger partial charge in [-0.05, 0) is 79.8 Å². The van der Waals surface area contributed by atoms with Crippen LogP contribution in [0.1, 0.15) is 52.0 Å². The van der Waals surface area contributed by atoms with Crippen molar-refractivity contribution in [2.24, 2.45) is 5.73 Å². The molecule has 3 N–H and O–H groups in total. The number of fused-ring (bicyclic) bond motifs is 1. The monoisotopic (exact) mass is 506 g/mol. The fourth-order valence-corrected chi connectivity index (χ4v) is 4.82. The van der Waals surface area contributed by atoms with Gasteiger partial charge in [-0.2, -0.15) is 0 Å². The Morgan fingerprint density at radius 3 is 2.50 bits per heavy atom. The molecule has 0 saturated heterocycles. The maximum absolute atomic E-state index is 13.8. The first kappa shape index (κ1) is 24.1. The van der Waals surface area contributed by atoms with E-state index in [1.807, 2.05) is 11.0 Å². The van der Waals surface area contributed by atoms with Gasteiger partial charge in [-0.25, -0.2) is 0 Å². The summed E-state index contributed by atoms with van der Waals surface area (Å²) in [5, 5.41) is 3.42. The van der Waals surface area contributed by atoms with Crippen LogP contribution >= 0.6 is 11.6 Å². The molecule has 2 heterocycles. The molecule has 0 spiro atoms. The summed E-state index contributed by atoms with van der Waals surface area (Å²) < 4.78 is 10.9. The van der Waals surface area contributed by atoms with Gasteiger partial charge in [0.1, 0.15) is 0 Å². The van der Waals surface area contributed by atoms with Crippen molar-refractivity contribution in [2.45, 2.75) is 44.3 Å². The number of ether oxygens (including phenoxy) is 2. The minimum Gasteiger partial charge on any atom is -0.454 e. The first-order valence-corrected chi connectivity index (χ1v) is 12.3. The van der Waals surface area contributed by atoms with Gasteiger partial charge in [0.15, 0.2) is 11.5 Å². The van der Waals surface area contributed by atoms with Crippen LogP contribution in [-0.4, -0.2) is 40.6 Å². The molecule has 2 aliphatic rings. The van der Waals surface area contributed by atoms with E-state index in [0.29, 0.717) is 39.9 Å². The maximum atomic E-state index is 13.8. The van der Waals surface area contributed by atoms with E-state index in [2.05, 4.69) is 10.3 Å². The molecule has 0 bridgehead atoms. The van der Waals surface area contributed by atoms with Gasteiger partial charge in [-0.3, -0.25) is 14.6 Å². The Morgan fingerprint density at radius 1 is 0.972 bits per heavy atom. The number of nitrogens with one attached hydrogen (secondary N) is 1. The van der Waals surface area contributed by atoms with Crippen molar-refractivity contribution < 1.29 is 19.1 Å². The molecule has 36 heavy (non-hydrogen) atoms. The number of nitrogens with two attached hydrogens (primary N) is 1. The zero-order valence-corrected chi connectivity index (χ0v) is 20.4. The molecule has 9 heteroatoms. The highest BCUT2D eigenvalue weighted by Gasteiger charge is 2.30. The van der Waals surface area contributed by atoms with E-state index >= 15 is 0 Å². The van der Waals surface area contributed by atoms with E-state index in [1.54, 1.807) is 54.9 Å². The normalized spacial score (nSPS) is 18.5. The molecule has 1 aliphatic heterocycles. The van der Waals surface area contributed by atoms with E-state index < -0.39 is 0 Å². The number of benzene rings is 2. The van der Waals surface area contributed by atoms with Gasteiger partial charge in [0, 0.05) is 52.9 Å². The molecule has 5 rings (SSSR count). The Bertz CT molecular complexity index is 1260. The van der Waals surface area contributed by atoms with Crippen molar-refractivity contribution in [1.82, 2.24) is 9.88 Å². The van der Waals surface area contributed by atoms with Crippen LogP contribution in [0.3, 0.4) is 0 Å². The average molecular weight is 507 g/mol. The number of halogens is 1. The summed E-state index contributed by atoms with van der Waals surface area (Å²) in [6.07, 6.45) is 6.47. The Morgan fingerprint density at radius 2 is 1.72 bits per heavy atom. The second-order valence-electron chi connectivity index (χ2n) is 9.07. The summed E-state index contributed by atoms with van der Waals surface area (Å²) >= 11 is 6.57. The topological polar surface area (TPSA) is 107 Å². The molecule has 2 aromatic carbocycles. The predicted octanol–water partition coefficient (Wildman–Crippen LogP) is 4.63. The van der Waals surface area contributed by atoms with E-state index in [1.165, 1.54) is 0 Å². The number of anilines is 1. The number of aromatic nitrogens is 1. The Hall–Kier alpha value is -3.62. The number of carbonyl (C=O) groups is 2. The molecule has 1 saturated carbocycles. The van der Waals surface area contributed by atoms with Gasteiger partial charge in [-0.1, -0.05) is 11.6 Å². The molecule has 1 aliphatic carbocycles. The number of rotatable bonds is 6. The first-order valence-electron chi connectivity index (χ1n) is 11.9. The highest BCUT2D eigenvalue weighted by Crippen LogP contribution is 2.34. The molecule has 0 radical (unpaired) electrons. The van der Waals surface area contributed by atoms with E-state index in [0.717, 1.165) is 31.2 Å².